The molecular formula is C19H17BrN4O2S. The van der Waals surface area contributed by atoms with Gasteiger partial charge in [0, 0.05) is 21.2 Å². The number of aryl methyl sites for hydroxylation is 1. The van der Waals surface area contributed by atoms with Gasteiger partial charge in [0.2, 0.25) is 5.91 Å². The number of anilines is 3. The van der Waals surface area contributed by atoms with Crippen molar-refractivity contribution < 1.29 is 9.59 Å². The lowest BCUT2D eigenvalue weighted by Gasteiger charge is -2.08. The molecule has 8 heteroatoms. The Bertz CT molecular complexity index is 959. The van der Waals surface area contributed by atoms with Crippen LogP contribution >= 0.6 is 27.3 Å². The number of thiazole rings is 1. The molecule has 0 saturated heterocycles. The summed E-state index contributed by atoms with van der Waals surface area (Å²) in [5, 5.41) is 10.5. The predicted octanol–water partition coefficient (Wildman–Crippen LogP) is 5.04. The van der Waals surface area contributed by atoms with E-state index in [1.807, 2.05) is 43.3 Å². The second-order valence-corrected chi connectivity index (χ2v) is 7.55. The van der Waals surface area contributed by atoms with Crippen LogP contribution in [0, 0.1) is 6.92 Å². The lowest BCUT2D eigenvalue weighted by atomic mass is 10.2. The van der Waals surface area contributed by atoms with E-state index in [4.69, 9.17) is 0 Å². The highest BCUT2D eigenvalue weighted by Gasteiger charge is 2.11. The number of urea groups is 1. The number of hydrogen-bond donors (Lipinski definition) is 3. The molecule has 3 amide bonds. The number of carbonyl (C=O) groups is 2. The van der Waals surface area contributed by atoms with Crippen LogP contribution in [0.5, 0.6) is 0 Å². The van der Waals surface area contributed by atoms with Crippen molar-refractivity contribution in [3.8, 4) is 0 Å². The van der Waals surface area contributed by atoms with Gasteiger partial charge in [-0.25, -0.2) is 9.78 Å². The first-order valence-corrected chi connectivity index (χ1v) is 9.80. The van der Waals surface area contributed by atoms with Gasteiger partial charge in [-0.3, -0.25) is 10.1 Å². The van der Waals surface area contributed by atoms with Gasteiger partial charge in [-0.2, -0.15) is 0 Å². The van der Waals surface area contributed by atoms with Gasteiger partial charge in [0.05, 0.1) is 12.1 Å². The number of carbonyl (C=O) groups excluding carboxylic acids is 2. The zero-order valence-corrected chi connectivity index (χ0v) is 16.9. The van der Waals surface area contributed by atoms with Gasteiger partial charge in [0.1, 0.15) is 0 Å². The Hall–Kier alpha value is -2.71. The molecule has 0 aliphatic rings. The molecule has 0 atom stereocenters. The largest absolute Gasteiger partial charge is 0.326 e. The molecule has 138 valence electrons. The summed E-state index contributed by atoms with van der Waals surface area (Å²) in [6, 6.07) is 14.4. The number of aromatic nitrogens is 1. The van der Waals surface area contributed by atoms with Crippen molar-refractivity contribution in [1.82, 2.24) is 4.98 Å². The fraction of sp³-hybridized carbons (Fsp3) is 0.105. The van der Waals surface area contributed by atoms with E-state index in [2.05, 4.69) is 36.9 Å². The molecular weight excluding hydrogens is 428 g/mol. The molecule has 0 aliphatic carbocycles. The van der Waals surface area contributed by atoms with Crippen LogP contribution in [0.4, 0.5) is 21.3 Å². The van der Waals surface area contributed by atoms with Gasteiger partial charge in [-0.15, -0.1) is 11.3 Å². The average Bonchev–Trinajstić information content (AvgIpc) is 3.05. The molecule has 6 nitrogen and oxygen atoms in total. The van der Waals surface area contributed by atoms with E-state index in [1.54, 1.807) is 17.5 Å². The van der Waals surface area contributed by atoms with Crippen LogP contribution in [-0.4, -0.2) is 16.9 Å². The maximum atomic E-state index is 12.2. The van der Waals surface area contributed by atoms with E-state index in [0.29, 0.717) is 16.5 Å². The van der Waals surface area contributed by atoms with Crippen LogP contribution in [0.1, 0.15) is 11.3 Å². The molecule has 3 N–H and O–H groups in total. The summed E-state index contributed by atoms with van der Waals surface area (Å²) in [5.74, 6) is -0.161. The van der Waals surface area contributed by atoms with Crippen LogP contribution < -0.4 is 16.0 Å². The molecule has 3 rings (SSSR count). The summed E-state index contributed by atoms with van der Waals surface area (Å²) in [4.78, 5) is 28.5. The van der Waals surface area contributed by atoms with Crippen molar-refractivity contribution in [2.24, 2.45) is 0 Å². The Labute approximate surface area is 169 Å². The van der Waals surface area contributed by atoms with Crippen molar-refractivity contribution >= 4 is 55.7 Å². The minimum Gasteiger partial charge on any atom is -0.326 e. The number of nitrogens with zero attached hydrogens (tertiary/aromatic N) is 1. The zero-order valence-electron chi connectivity index (χ0n) is 14.5. The van der Waals surface area contributed by atoms with E-state index < -0.39 is 0 Å². The molecule has 0 fully saturated rings. The van der Waals surface area contributed by atoms with Crippen LogP contribution in [0.2, 0.25) is 0 Å². The third-order valence-electron chi connectivity index (χ3n) is 3.61. The van der Waals surface area contributed by atoms with Crippen molar-refractivity contribution in [3.63, 3.8) is 0 Å². The molecule has 0 radical (unpaired) electrons. The standard InChI is InChI=1S/C19H17BrN4O2S/c1-12-9-13(20)7-8-16(12)23-17(25)10-15-11-27-19(22-15)24-18(26)21-14-5-3-2-4-6-14/h2-9,11H,10H2,1H3,(H,23,25)(H2,21,22,24,26). The van der Waals surface area contributed by atoms with E-state index in [9.17, 15) is 9.59 Å². The Kier molecular flexibility index (Phi) is 6.20. The third-order valence-corrected chi connectivity index (χ3v) is 4.91. The van der Waals surface area contributed by atoms with Crippen LogP contribution in [0.25, 0.3) is 0 Å². The number of hydrogen-bond acceptors (Lipinski definition) is 4. The molecule has 0 unspecified atom stereocenters. The van der Waals surface area contributed by atoms with Crippen LogP contribution in [0.15, 0.2) is 58.4 Å². The molecule has 1 heterocycles. The van der Waals surface area contributed by atoms with Crippen LogP contribution in [0.3, 0.4) is 0 Å². The van der Waals surface area contributed by atoms with E-state index in [1.165, 1.54) is 11.3 Å². The summed E-state index contributed by atoms with van der Waals surface area (Å²) in [6.07, 6.45) is 0.133. The van der Waals surface area contributed by atoms with Crippen molar-refractivity contribution in [2.45, 2.75) is 13.3 Å². The Morgan fingerprint density at radius 2 is 1.85 bits per heavy atom. The second kappa shape index (κ2) is 8.79. The third kappa shape index (κ3) is 5.63. The van der Waals surface area contributed by atoms with Gasteiger partial charge in [0.25, 0.3) is 0 Å². The summed E-state index contributed by atoms with van der Waals surface area (Å²) in [6.45, 7) is 1.93. The Morgan fingerprint density at radius 1 is 1.07 bits per heavy atom. The zero-order chi connectivity index (χ0) is 19.2. The minimum absolute atomic E-state index is 0.133. The number of benzene rings is 2. The minimum atomic E-state index is -0.378. The van der Waals surface area contributed by atoms with Crippen LogP contribution in [-0.2, 0) is 11.2 Å². The molecule has 27 heavy (non-hydrogen) atoms. The van der Waals surface area contributed by atoms with Gasteiger partial charge in [-0.05, 0) is 42.8 Å². The first-order valence-electron chi connectivity index (χ1n) is 8.13. The van der Waals surface area contributed by atoms with E-state index >= 15 is 0 Å². The maximum Gasteiger partial charge on any atom is 0.325 e. The average molecular weight is 445 g/mol. The molecule has 0 aliphatic heterocycles. The molecule has 0 spiro atoms. The summed E-state index contributed by atoms with van der Waals surface area (Å²) >= 11 is 4.67. The summed E-state index contributed by atoms with van der Waals surface area (Å²) in [5.41, 5.74) is 3.02. The molecule has 2 aromatic carbocycles. The Morgan fingerprint density at radius 3 is 2.59 bits per heavy atom. The summed E-state index contributed by atoms with van der Waals surface area (Å²) in [7, 11) is 0. The highest BCUT2D eigenvalue weighted by atomic mass is 79.9. The summed E-state index contributed by atoms with van der Waals surface area (Å²) < 4.78 is 0.960. The van der Waals surface area contributed by atoms with E-state index in [0.717, 1.165) is 15.7 Å². The van der Waals surface area contributed by atoms with Gasteiger partial charge in [0.15, 0.2) is 5.13 Å². The first kappa shape index (κ1) is 19.1. The predicted molar refractivity (Wildman–Crippen MR) is 112 cm³/mol. The molecule has 3 aromatic rings. The SMILES string of the molecule is Cc1cc(Br)ccc1NC(=O)Cc1csc(NC(=O)Nc2ccccc2)n1. The lowest BCUT2D eigenvalue weighted by molar-refractivity contribution is -0.115. The smallest absolute Gasteiger partial charge is 0.325 e. The quantitative estimate of drug-likeness (QED) is 0.515. The maximum absolute atomic E-state index is 12.2. The topological polar surface area (TPSA) is 83.1 Å². The number of para-hydroxylation sites is 1. The Balaban J connectivity index is 1.54. The fourth-order valence-electron chi connectivity index (χ4n) is 2.35. The number of halogens is 1. The fourth-order valence-corrected chi connectivity index (χ4v) is 3.53. The second-order valence-electron chi connectivity index (χ2n) is 5.77. The number of rotatable bonds is 5. The molecule has 1 aromatic heterocycles. The van der Waals surface area contributed by atoms with Crippen molar-refractivity contribution in [1.29, 1.82) is 0 Å². The highest BCUT2D eigenvalue weighted by Crippen LogP contribution is 2.21. The molecule has 0 bridgehead atoms. The normalized spacial score (nSPS) is 10.3. The van der Waals surface area contributed by atoms with E-state index in [-0.39, 0.29) is 18.4 Å². The number of nitrogens with one attached hydrogen (secondary N) is 3. The van der Waals surface area contributed by atoms with Crippen molar-refractivity contribution in [2.75, 3.05) is 16.0 Å². The lowest BCUT2D eigenvalue weighted by Crippen LogP contribution is -2.19. The first-order chi connectivity index (χ1) is 13.0. The number of amides is 3. The highest BCUT2D eigenvalue weighted by molar-refractivity contribution is 9.10. The van der Waals surface area contributed by atoms with Crippen molar-refractivity contribution in [3.05, 3.63) is 69.6 Å². The molecule has 0 saturated carbocycles. The van der Waals surface area contributed by atoms with Gasteiger partial charge in [-0.1, -0.05) is 34.1 Å². The van der Waals surface area contributed by atoms with Gasteiger partial charge < -0.3 is 10.6 Å². The van der Waals surface area contributed by atoms with Gasteiger partial charge >= 0.3 is 6.03 Å². The monoisotopic (exact) mass is 444 g/mol.